The second kappa shape index (κ2) is 8.20. The van der Waals surface area contributed by atoms with Gasteiger partial charge in [-0.1, -0.05) is 24.1 Å². The summed E-state index contributed by atoms with van der Waals surface area (Å²) in [5, 5.41) is 2.66. The van der Waals surface area contributed by atoms with E-state index < -0.39 is 33.6 Å². The van der Waals surface area contributed by atoms with E-state index in [0.717, 1.165) is 31.4 Å². The molecule has 0 spiro atoms. The zero-order valence-corrected chi connectivity index (χ0v) is 18.2. The van der Waals surface area contributed by atoms with Gasteiger partial charge in [0.15, 0.2) is 0 Å². The lowest BCUT2D eigenvalue weighted by atomic mass is 10.1. The second-order valence-electron chi connectivity index (χ2n) is 7.61. The van der Waals surface area contributed by atoms with Crippen LogP contribution in [0.4, 0.5) is 14.5 Å². The van der Waals surface area contributed by atoms with Gasteiger partial charge in [0, 0.05) is 24.6 Å². The van der Waals surface area contributed by atoms with Gasteiger partial charge in [-0.25, -0.2) is 8.78 Å². The number of nitrogens with one attached hydrogen (secondary N) is 1. The summed E-state index contributed by atoms with van der Waals surface area (Å²) in [6, 6.07) is 4.94. The van der Waals surface area contributed by atoms with Gasteiger partial charge in [-0.3, -0.25) is 4.79 Å². The van der Waals surface area contributed by atoms with Gasteiger partial charge in [0.25, 0.3) is 15.9 Å². The molecule has 0 bridgehead atoms. The van der Waals surface area contributed by atoms with Gasteiger partial charge in [0.1, 0.15) is 22.4 Å². The number of hydrogen-bond donors (Lipinski definition) is 1. The normalized spacial score (nSPS) is 18.3. The topological polar surface area (TPSA) is 78.8 Å². The molecule has 1 fully saturated rings. The van der Waals surface area contributed by atoms with Crippen LogP contribution in [0.3, 0.4) is 0 Å². The van der Waals surface area contributed by atoms with Gasteiger partial charge in [0.2, 0.25) is 0 Å². The maximum atomic E-state index is 14.0. The number of nitrogens with zero attached hydrogens (tertiary/aromatic N) is 2. The van der Waals surface area contributed by atoms with Crippen LogP contribution >= 0.6 is 11.6 Å². The van der Waals surface area contributed by atoms with Crippen LogP contribution in [0.1, 0.15) is 54.6 Å². The number of sulfonamides is 1. The van der Waals surface area contributed by atoms with Gasteiger partial charge in [-0.05, 0) is 38.0 Å². The molecule has 0 aromatic heterocycles. The van der Waals surface area contributed by atoms with Crippen molar-refractivity contribution in [2.75, 3.05) is 11.4 Å². The first-order valence-corrected chi connectivity index (χ1v) is 11.7. The summed E-state index contributed by atoms with van der Waals surface area (Å²) in [5.41, 5.74) is 0.438. The highest BCUT2D eigenvalue weighted by molar-refractivity contribution is 7.90. The third kappa shape index (κ3) is 4.16. The predicted octanol–water partition coefficient (Wildman–Crippen LogP) is 4.59. The van der Waals surface area contributed by atoms with Crippen molar-refractivity contribution in [3.05, 3.63) is 58.1 Å². The molecular formula is C21H20ClF2N3O3S. The quantitative estimate of drug-likeness (QED) is 0.716. The molecule has 0 saturated carbocycles. The van der Waals surface area contributed by atoms with Crippen molar-refractivity contribution in [2.45, 2.75) is 43.5 Å². The standard InChI is InChI=1S/C21H20ClF2N3O3S/c1-12(14-7-6-13(23)9-17(14)24)25-21(28)15-10-19-18(11-16(15)22)27-8-4-2-3-5-20(27)26-31(19,29)30/h6-7,9-12H,2-5,8H2,1H3,(H,25,28)/t12-/m1/s1. The van der Waals surface area contributed by atoms with Crippen LogP contribution in [-0.2, 0) is 10.0 Å². The summed E-state index contributed by atoms with van der Waals surface area (Å²) in [5.74, 6) is -1.71. The highest BCUT2D eigenvalue weighted by Gasteiger charge is 2.33. The number of amidine groups is 1. The number of fused-ring (bicyclic) bond motifs is 3. The van der Waals surface area contributed by atoms with E-state index in [4.69, 9.17) is 11.6 Å². The number of carbonyl (C=O) groups excluding carboxylic acids is 1. The summed E-state index contributed by atoms with van der Waals surface area (Å²) < 4.78 is 56.7. The van der Waals surface area contributed by atoms with E-state index in [-0.39, 0.29) is 21.0 Å². The Labute approximate surface area is 184 Å². The Balaban J connectivity index is 1.68. The maximum Gasteiger partial charge on any atom is 0.286 e. The van der Waals surface area contributed by atoms with Crippen LogP contribution in [-0.4, -0.2) is 26.7 Å². The highest BCUT2D eigenvalue weighted by Crippen LogP contribution is 2.38. The minimum Gasteiger partial charge on any atom is -0.345 e. The van der Waals surface area contributed by atoms with Crippen molar-refractivity contribution in [2.24, 2.45) is 4.40 Å². The number of hydrogen-bond acceptors (Lipinski definition) is 4. The Bertz CT molecular complexity index is 1200. The van der Waals surface area contributed by atoms with Crippen molar-refractivity contribution in [1.82, 2.24) is 5.32 Å². The van der Waals surface area contributed by atoms with Crippen molar-refractivity contribution in [3.63, 3.8) is 0 Å². The lowest BCUT2D eigenvalue weighted by molar-refractivity contribution is 0.0939. The molecule has 0 aliphatic carbocycles. The van der Waals surface area contributed by atoms with Crippen LogP contribution < -0.4 is 10.2 Å². The Morgan fingerprint density at radius 3 is 2.71 bits per heavy atom. The third-order valence-corrected chi connectivity index (χ3v) is 7.10. The minimum absolute atomic E-state index is 0.0631. The number of rotatable bonds is 3. The Morgan fingerprint density at radius 1 is 1.19 bits per heavy atom. The van der Waals surface area contributed by atoms with Gasteiger partial charge in [-0.2, -0.15) is 8.42 Å². The molecule has 10 heteroatoms. The first-order valence-electron chi connectivity index (χ1n) is 9.88. The molecule has 0 unspecified atom stereocenters. The smallest absolute Gasteiger partial charge is 0.286 e. The molecular weight excluding hydrogens is 448 g/mol. The van der Waals surface area contributed by atoms with Gasteiger partial charge in [0.05, 0.1) is 22.3 Å². The van der Waals surface area contributed by atoms with E-state index in [1.54, 1.807) is 0 Å². The first kappa shape index (κ1) is 21.7. The summed E-state index contributed by atoms with van der Waals surface area (Å²) >= 11 is 6.36. The van der Waals surface area contributed by atoms with Crippen LogP contribution in [0.25, 0.3) is 0 Å². The molecule has 6 nitrogen and oxygen atoms in total. The van der Waals surface area contributed by atoms with E-state index in [9.17, 15) is 22.0 Å². The summed E-state index contributed by atoms with van der Waals surface area (Å²) in [6.45, 7) is 2.15. The van der Waals surface area contributed by atoms with Gasteiger partial charge in [-0.15, -0.1) is 4.40 Å². The number of benzene rings is 2. The molecule has 31 heavy (non-hydrogen) atoms. The van der Waals surface area contributed by atoms with Crippen molar-refractivity contribution >= 4 is 39.1 Å². The molecule has 2 aliphatic rings. The monoisotopic (exact) mass is 467 g/mol. The lowest BCUT2D eigenvalue weighted by Crippen LogP contribution is -2.35. The Kier molecular flexibility index (Phi) is 5.74. The first-order chi connectivity index (χ1) is 14.7. The van der Waals surface area contributed by atoms with E-state index in [0.29, 0.717) is 24.5 Å². The number of anilines is 1. The van der Waals surface area contributed by atoms with Crippen molar-refractivity contribution < 1.29 is 22.0 Å². The number of halogens is 3. The largest absolute Gasteiger partial charge is 0.345 e. The third-order valence-electron chi connectivity index (χ3n) is 5.46. The fourth-order valence-electron chi connectivity index (χ4n) is 3.88. The van der Waals surface area contributed by atoms with E-state index in [1.807, 2.05) is 4.90 Å². The molecule has 2 aliphatic heterocycles. The van der Waals surface area contributed by atoms with Crippen molar-refractivity contribution in [3.8, 4) is 0 Å². The SMILES string of the molecule is C[C@@H](NC(=O)c1cc2c(cc1Cl)N1CCCCCC1=NS2(=O)=O)c1ccc(F)cc1F. The van der Waals surface area contributed by atoms with Crippen LogP contribution in [0.15, 0.2) is 39.6 Å². The Hall–Kier alpha value is -2.52. The van der Waals surface area contributed by atoms with Crippen LogP contribution in [0.5, 0.6) is 0 Å². The molecule has 1 amide bonds. The fourth-order valence-corrected chi connectivity index (χ4v) is 5.38. The Morgan fingerprint density at radius 2 is 1.97 bits per heavy atom. The number of carbonyl (C=O) groups is 1. The van der Waals surface area contributed by atoms with Gasteiger partial charge >= 0.3 is 0 Å². The highest BCUT2D eigenvalue weighted by atomic mass is 35.5. The molecule has 1 N–H and O–H groups in total. The van der Waals surface area contributed by atoms with Crippen LogP contribution in [0, 0.1) is 11.6 Å². The summed E-state index contributed by atoms with van der Waals surface area (Å²) in [4.78, 5) is 14.6. The average molecular weight is 468 g/mol. The zero-order chi connectivity index (χ0) is 22.3. The number of amides is 1. The lowest BCUT2D eigenvalue weighted by Gasteiger charge is -2.30. The molecule has 2 heterocycles. The maximum absolute atomic E-state index is 14.0. The zero-order valence-electron chi connectivity index (χ0n) is 16.7. The summed E-state index contributed by atoms with van der Waals surface area (Å²) in [6.07, 6.45) is 3.27. The van der Waals surface area contributed by atoms with Gasteiger partial charge < -0.3 is 10.2 Å². The second-order valence-corrected chi connectivity index (χ2v) is 9.59. The van der Waals surface area contributed by atoms with Crippen LogP contribution in [0.2, 0.25) is 5.02 Å². The molecule has 1 saturated heterocycles. The minimum atomic E-state index is -3.99. The van der Waals surface area contributed by atoms with E-state index >= 15 is 0 Å². The fraction of sp³-hybridized carbons (Fsp3) is 0.333. The van der Waals surface area contributed by atoms with E-state index in [2.05, 4.69) is 9.71 Å². The molecule has 164 valence electrons. The van der Waals surface area contributed by atoms with E-state index in [1.165, 1.54) is 25.1 Å². The summed E-state index contributed by atoms with van der Waals surface area (Å²) in [7, 11) is -3.99. The molecule has 4 rings (SSSR count). The average Bonchev–Trinajstić information content (AvgIpc) is 2.92. The molecule has 2 aromatic rings. The molecule has 0 radical (unpaired) electrons. The molecule has 1 atom stereocenters. The molecule has 2 aromatic carbocycles. The van der Waals surface area contributed by atoms with Crippen molar-refractivity contribution in [1.29, 1.82) is 0 Å². The predicted molar refractivity (Wildman–Crippen MR) is 114 cm³/mol.